The van der Waals surface area contributed by atoms with Crippen molar-refractivity contribution in [2.75, 3.05) is 38.6 Å². The maximum Gasteiger partial charge on any atom is 0.279 e. The summed E-state index contributed by atoms with van der Waals surface area (Å²) in [5.41, 5.74) is 4.35. The van der Waals surface area contributed by atoms with Crippen LogP contribution in [0.15, 0.2) is 42.5 Å². The Balaban J connectivity index is 0.000000510. The first-order valence-electron chi connectivity index (χ1n) is 11.2. The van der Waals surface area contributed by atoms with Crippen LogP contribution in [0.1, 0.15) is 49.3 Å². The van der Waals surface area contributed by atoms with Gasteiger partial charge >= 0.3 is 0 Å². The second-order valence-electron chi connectivity index (χ2n) is 8.52. The third kappa shape index (κ3) is 9.04. The van der Waals surface area contributed by atoms with Gasteiger partial charge in [-0.3, -0.25) is 4.79 Å². The van der Waals surface area contributed by atoms with Gasteiger partial charge in [-0.2, -0.15) is 0 Å². The fraction of sp³-hybridized carbons (Fsp3) is 0.500. The smallest absolute Gasteiger partial charge is 0.279 e. The number of nitrogens with zero attached hydrogens (tertiary/aromatic N) is 1. The average Bonchev–Trinajstić information content (AvgIpc) is 2.97. The molecule has 2 aromatic rings. The van der Waals surface area contributed by atoms with Crippen LogP contribution in [-0.2, 0) is 37.5 Å². The molecule has 4 nitrogen and oxygen atoms in total. The number of benzene rings is 2. The molecule has 1 N–H and O–H groups in total. The van der Waals surface area contributed by atoms with Crippen LogP contribution in [-0.4, -0.2) is 43.7 Å². The van der Waals surface area contributed by atoms with Crippen LogP contribution < -0.4 is 10.1 Å². The molecule has 3 rings (SSSR count). The predicted octanol–water partition coefficient (Wildman–Crippen LogP) is 5.65. The van der Waals surface area contributed by atoms with Gasteiger partial charge in [0, 0.05) is 38.4 Å². The summed E-state index contributed by atoms with van der Waals surface area (Å²) in [6, 6.07) is 14.2. The van der Waals surface area contributed by atoms with Gasteiger partial charge in [0.1, 0.15) is 5.75 Å². The molecule has 2 aromatic carbocycles. The number of likely N-dealkylation sites (N-methyl/N-ethyl adjacent to an activating group) is 1. The van der Waals surface area contributed by atoms with Gasteiger partial charge in [0.2, 0.25) is 0 Å². The molecule has 0 spiro atoms. The second kappa shape index (κ2) is 14.0. The first-order chi connectivity index (χ1) is 14.4. The number of nitrogens with one attached hydrogen (secondary N) is 1. The first kappa shape index (κ1) is 27.8. The number of anilines is 1. The third-order valence-corrected chi connectivity index (χ3v) is 6.11. The molecule has 1 saturated heterocycles. The van der Waals surface area contributed by atoms with E-state index in [4.69, 9.17) is 4.74 Å². The van der Waals surface area contributed by atoms with Crippen molar-refractivity contribution in [3.63, 3.8) is 0 Å². The molecule has 1 aliphatic heterocycles. The van der Waals surface area contributed by atoms with E-state index in [9.17, 15) is 4.79 Å². The number of aryl methyl sites for hydroxylation is 3. The molecule has 1 fully saturated rings. The van der Waals surface area contributed by atoms with Crippen LogP contribution in [0.4, 0.5) is 5.69 Å². The van der Waals surface area contributed by atoms with E-state index < -0.39 is 0 Å². The number of amides is 1. The summed E-state index contributed by atoms with van der Waals surface area (Å²) in [4.78, 5) is 12.7. The van der Waals surface area contributed by atoms with Crippen molar-refractivity contribution in [2.24, 2.45) is 0 Å². The standard InChI is InChI=1S/C19H30N2O2.C7H8.Y/c1-5-21(10-8-6-7-9-11-21)14-18(22)20-19-15(2)12-17(23-4)13-16(19)3;1-7-5-3-2-4-6-7;/h12-13H,5-11,14H2,1-4H3;2-6H,1H3;/p+1. The van der Waals surface area contributed by atoms with Crippen molar-refractivity contribution in [2.45, 2.75) is 53.4 Å². The summed E-state index contributed by atoms with van der Waals surface area (Å²) < 4.78 is 6.22. The van der Waals surface area contributed by atoms with E-state index in [0.717, 1.165) is 46.7 Å². The number of quaternary nitrogens is 1. The van der Waals surface area contributed by atoms with Crippen molar-refractivity contribution < 1.29 is 46.7 Å². The summed E-state index contributed by atoms with van der Waals surface area (Å²) in [5, 5.41) is 3.15. The molecule has 31 heavy (non-hydrogen) atoms. The predicted molar refractivity (Wildman–Crippen MR) is 126 cm³/mol. The number of methoxy groups -OCH3 is 1. The fourth-order valence-electron chi connectivity index (χ4n) is 4.20. The largest absolute Gasteiger partial charge is 0.497 e. The average molecular weight is 501 g/mol. The minimum absolute atomic E-state index is 0. The quantitative estimate of drug-likeness (QED) is 0.539. The van der Waals surface area contributed by atoms with Crippen molar-refractivity contribution >= 4 is 11.6 Å². The van der Waals surface area contributed by atoms with Gasteiger partial charge in [-0.25, -0.2) is 0 Å². The van der Waals surface area contributed by atoms with E-state index in [-0.39, 0.29) is 38.6 Å². The van der Waals surface area contributed by atoms with Crippen LogP contribution in [0.5, 0.6) is 5.75 Å². The number of carbonyl (C=O) groups is 1. The van der Waals surface area contributed by atoms with E-state index in [2.05, 4.69) is 31.3 Å². The molecule has 1 aliphatic rings. The van der Waals surface area contributed by atoms with E-state index in [0.29, 0.717) is 6.54 Å². The van der Waals surface area contributed by atoms with Crippen LogP contribution in [0.25, 0.3) is 0 Å². The van der Waals surface area contributed by atoms with Gasteiger partial charge in [0.15, 0.2) is 6.54 Å². The van der Waals surface area contributed by atoms with Gasteiger partial charge in [-0.05, 0) is 76.6 Å². The number of likely N-dealkylation sites (tertiary alicyclic amines) is 1. The van der Waals surface area contributed by atoms with E-state index in [1.807, 2.05) is 44.2 Å². The van der Waals surface area contributed by atoms with Crippen LogP contribution >= 0.6 is 0 Å². The molecule has 1 heterocycles. The molecule has 0 saturated carbocycles. The monoisotopic (exact) mass is 500 g/mol. The molecule has 0 unspecified atom stereocenters. The Morgan fingerprint density at radius 3 is 1.94 bits per heavy atom. The van der Waals surface area contributed by atoms with E-state index in [1.54, 1.807) is 7.11 Å². The van der Waals surface area contributed by atoms with Gasteiger partial charge in [-0.15, -0.1) is 0 Å². The molecule has 0 aliphatic carbocycles. The maximum absolute atomic E-state index is 12.7. The summed E-state index contributed by atoms with van der Waals surface area (Å²) in [6.07, 6.45) is 5.08. The molecule has 5 heteroatoms. The normalized spacial score (nSPS) is 14.9. The SMILES string of the molecule is CC[N+]1(CC(=O)Nc2c(C)cc(OC)cc2C)CCCCCC1.Cc1ccccc1.[Y]. The fourth-order valence-corrected chi connectivity index (χ4v) is 4.20. The number of rotatable bonds is 5. The number of ether oxygens (including phenoxy) is 1. The maximum atomic E-state index is 12.7. The molecule has 1 amide bonds. The first-order valence-corrected chi connectivity index (χ1v) is 11.2. The Morgan fingerprint density at radius 2 is 1.52 bits per heavy atom. The summed E-state index contributed by atoms with van der Waals surface area (Å²) in [5.74, 6) is 0.965. The number of hydrogen-bond acceptors (Lipinski definition) is 2. The zero-order chi connectivity index (χ0) is 22.0. The van der Waals surface area contributed by atoms with E-state index >= 15 is 0 Å². The van der Waals surface area contributed by atoms with Crippen LogP contribution in [0, 0.1) is 20.8 Å². The molecule has 1 radical (unpaired) electrons. The zero-order valence-electron chi connectivity index (χ0n) is 20.0. The molecular weight excluding hydrogens is 461 g/mol. The molecule has 0 bridgehead atoms. The van der Waals surface area contributed by atoms with Gasteiger partial charge in [0.05, 0.1) is 26.7 Å². The van der Waals surface area contributed by atoms with Crippen molar-refractivity contribution in [3.8, 4) is 5.75 Å². The van der Waals surface area contributed by atoms with E-state index in [1.165, 1.54) is 31.2 Å². The third-order valence-electron chi connectivity index (χ3n) is 6.11. The Bertz CT molecular complexity index is 777. The Kier molecular flexibility index (Phi) is 12.6. The minimum atomic E-state index is 0. The van der Waals surface area contributed by atoms with Gasteiger partial charge in [0.25, 0.3) is 5.91 Å². The molecular formula is C26H39N2O2Y+. The summed E-state index contributed by atoms with van der Waals surface area (Å²) >= 11 is 0. The Morgan fingerprint density at radius 1 is 0.968 bits per heavy atom. The minimum Gasteiger partial charge on any atom is -0.497 e. The summed E-state index contributed by atoms with van der Waals surface area (Å²) in [7, 11) is 1.67. The summed E-state index contributed by atoms with van der Waals surface area (Å²) in [6.45, 7) is 12.2. The van der Waals surface area contributed by atoms with Crippen LogP contribution in [0.2, 0.25) is 0 Å². The topological polar surface area (TPSA) is 38.3 Å². The van der Waals surface area contributed by atoms with Crippen molar-refractivity contribution in [1.29, 1.82) is 0 Å². The second-order valence-corrected chi connectivity index (χ2v) is 8.52. The number of carbonyl (C=O) groups excluding carboxylic acids is 1. The molecule has 0 aromatic heterocycles. The van der Waals surface area contributed by atoms with Gasteiger partial charge < -0.3 is 14.5 Å². The van der Waals surface area contributed by atoms with Crippen molar-refractivity contribution in [3.05, 3.63) is 59.2 Å². The Labute approximate surface area is 214 Å². The van der Waals surface area contributed by atoms with Crippen molar-refractivity contribution in [1.82, 2.24) is 0 Å². The zero-order valence-corrected chi connectivity index (χ0v) is 22.9. The molecule has 167 valence electrons. The Hall–Kier alpha value is -1.23. The van der Waals surface area contributed by atoms with Crippen LogP contribution in [0.3, 0.4) is 0 Å². The molecule has 0 atom stereocenters. The van der Waals surface area contributed by atoms with Gasteiger partial charge in [-0.1, -0.05) is 35.9 Å². The number of hydrogen-bond donors (Lipinski definition) is 1.